The molecular formula is C29H44N2O3. The minimum atomic E-state index is -1.12. The van der Waals surface area contributed by atoms with E-state index in [0.717, 1.165) is 29.9 Å². The van der Waals surface area contributed by atoms with Crippen LogP contribution in [0.15, 0.2) is 36.7 Å². The van der Waals surface area contributed by atoms with Crippen molar-refractivity contribution in [1.82, 2.24) is 9.97 Å². The lowest BCUT2D eigenvalue weighted by atomic mass is 10.0. The first-order chi connectivity index (χ1) is 16.7. The van der Waals surface area contributed by atoms with E-state index in [2.05, 4.69) is 16.9 Å². The fraction of sp³-hybridized carbons (Fsp3) is 0.621. The summed E-state index contributed by atoms with van der Waals surface area (Å²) in [7, 11) is 0. The maximum atomic E-state index is 10.8. The molecule has 0 saturated heterocycles. The number of benzene rings is 1. The summed E-state index contributed by atoms with van der Waals surface area (Å²) >= 11 is 0. The number of hydrogen-bond donors (Lipinski definition) is 1. The monoisotopic (exact) mass is 468 g/mol. The molecule has 0 aliphatic heterocycles. The predicted octanol–water partition coefficient (Wildman–Crippen LogP) is 8.48. The molecule has 0 aliphatic carbocycles. The quantitative estimate of drug-likeness (QED) is 0.197. The van der Waals surface area contributed by atoms with Crippen molar-refractivity contribution in [2.24, 2.45) is 0 Å². The Hall–Kier alpha value is -2.43. The van der Waals surface area contributed by atoms with Crippen molar-refractivity contribution >= 4 is 5.97 Å². The molecule has 0 spiro atoms. The third kappa shape index (κ3) is 12.2. The summed E-state index contributed by atoms with van der Waals surface area (Å²) in [5, 5.41) is 8.88. The Kier molecular flexibility index (Phi) is 14.7. The summed E-state index contributed by atoms with van der Waals surface area (Å²) < 4.78 is 5.86. The Bertz CT molecular complexity index is 775. The van der Waals surface area contributed by atoms with Crippen molar-refractivity contribution in [3.05, 3.63) is 42.5 Å². The van der Waals surface area contributed by atoms with Gasteiger partial charge >= 0.3 is 5.97 Å². The van der Waals surface area contributed by atoms with Gasteiger partial charge < -0.3 is 9.84 Å². The summed E-state index contributed by atoms with van der Waals surface area (Å²) in [6.07, 6.45) is 25.0. The average Bonchev–Trinajstić information content (AvgIpc) is 2.86. The van der Waals surface area contributed by atoms with Crippen molar-refractivity contribution in [3.63, 3.8) is 0 Å². The van der Waals surface area contributed by atoms with Gasteiger partial charge in [0.05, 0.1) is 6.61 Å². The van der Waals surface area contributed by atoms with Crippen LogP contribution in [-0.2, 0) is 0 Å². The fourth-order valence-corrected chi connectivity index (χ4v) is 4.17. The van der Waals surface area contributed by atoms with E-state index in [9.17, 15) is 4.79 Å². The first-order valence-electron chi connectivity index (χ1n) is 13.5. The lowest BCUT2D eigenvalue weighted by Crippen LogP contribution is -2.03. The summed E-state index contributed by atoms with van der Waals surface area (Å²) in [6.45, 7) is 3.02. The first kappa shape index (κ1) is 27.8. The van der Waals surface area contributed by atoms with E-state index in [0.29, 0.717) is 0 Å². The number of aromatic nitrogens is 2. The number of carbonyl (C=O) groups is 1. The molecule has 0 unspecified atom stereocenters. The number of ether oxygens (including phenoxy) is 1. The molecule has 0 amide bonds. The van der Waals surface area contributed by atoms with Crippen LogP contribution in [0.3, 0.4) is 0 Å². The van der Waals surface area contributed by atoms with Crippen LogP contribution in [0.1, 0.15) is 120 Å². The van der Waals surface area contributed by atoms with Gasteiger partial charge in [-0.05, 0) is 24.1 Å². The summed E-state index contributed by atoms with van der Waals surface area (Å²) in [4.78, 5) is 18.6. The third-order valence-corrected chi connectivity index (χ3v) is 6.30. The summed E-state index contributed by atoms with van der Waals surface area (Å²) in [6, 6.07) is 7.77. The van der Waals surface area contributed by atoms with Crippen molar-refractivity contribution in [2.75, 3.05) is 6.61 Å². The minimum absolute atomic E-state index is 0.192. The smallest absolute Gasteiger partial charge is 0.373 e. The van der Waals surface area contributed by atoms with Gasteiger partial charge in [0.25, 0.3) is 0 Å². The van der Waals surface area contributed by atoms with Gasteiger partial charge in [-0.25, -0.2) is 14.8 Å². The maximum Gasteiger partial charge on any atom is 0.373 e. The van der Waals surface area contributed by atoms with Gasteiger partial charge in [-0.3, -0.25) is 0 Å². The van der Waals surface area contributed by atoms with Crippen LogP contribution in [0.4, 0.5) is 0 Å². The molecule has 0 atom stereocenters. The largest absolute Gasteiger partial charge is 0.494 e. The first-order valence-corrected chi connectivity index (χ1v) is 13.5. The number of unbranched alkanes of at least 4 members (excludes halogenated alkanes) is 15. The molecule has 2 aromatic rings. The van der Waals surface area contributed by atoms with Crippen LogP contribution in [-0.4, -0.2) is 27.7 Å². The minimum Gasteiger partial charge on any atom is -0.494 e. The molecule has 1 aromatic carbocycles. The van der Waals surface area contributed by atoms with Crippen molar-refractivity contribution in [3.8, 4) is 16.9 Å². The number of carboxylic acids is 1. The van der Waals surface area contributed by atoms with Crippen LogP contribution < -0.4 is 4.74 Å². The molecule has 0 aliphatic rings. The molecular weight excluding hydrogens is 424 g/mol. The molecule has 1 heterocycles. The van der Waals surface area contributed by atoms with E-state index >= 15 is 0 Å². The number of nitrogens with zero attached hydrogens (tertiary/aromatic N) is 2. The zero-order valence-corrected chi connectivity index (χ0v) is 21.1. The Labute approximate surface area is 206 Å². The highest BCUT2D eigenvalue weighted by atomic mass is 16.5. The molecule has 34 heavy (non-hydrogen) atoms. The van der Waals surface area contributed by atoms with E-state index in [-0.39, 0.29) is 5.82 Å². The second-order valence-electron chi connectivity index (χ2n) is 9.28. The lowest BCUT2D eigenvalue weighted by molar-refractivity contribution is 0.0683. The standard InChI is InChI=1S/C29H44N2O3/c1-2-3-4-5-6-7-8-9-10-11-12-13-14-15-16-17-22-34-27-20-18-25(19-21-27)26-23-30-28(29(32)33)31-24-26/h18-21,23-24H,2-17,22H2,1H3,(H,32,33). The summed E-state index contributed by atoms with van der Waals surface area (Å²) in [5.74, 6) is -0.459. The van der Waals surface area contributed by atoms with Crippen molar-refractivity contribution in [1.29, 1.82) is 0 Å². The molecule has 0 saturated carbocycles. The Morgan fingerprint density at radius 1 is 0.676 bits per heavy atom. The van der Waals surface area contributed by atoms with E-state index in [4.69, 9.17) is 9.84 Å². The van der Waals surface area contributed by atoms with Crippen LogP contribution in [0.25, 0.3) is 11.1 Å². The zero-order chi connectivity index (χ0) is 24.3. The van der Waals surface area contributed by atoms with Crippen LogP contribution in [0.2, 0.25) is 0 Å². The summed E-state index contributed by atoms with van der Waals surface area (Å²) in [5.41, 5.74) is 1.72. The van der Waals surface area contributed by atoms with E-state index < -0.39 is 5.97 Å². The van der Waals surface area contributed by atoms with Gasteiger partial charge in [0.15, 0.2) is 0 Å². The molecule has 2 rings (SSSR count). The van der Waals surface area contributed by atoms with E-state index in [1.165, 1.54) is 109 Å². The fourth-order valence-electron chi connectivity index (χ4n) is 4.17. The maximum absolute atomic E-state index is 10.8. The molecule has 5 heteroatoms. The van der Waals surface area contributed by atoms with E-state index in [1.807, 2.05) is 24.3 Å². The number of aromatic carboxylic acids is 1. The molecule has 0 radical (unpaired) electrons. The topological polar surface area (TPSA) is 72.3 Å². The van der Waals surface area contributed by atoms with Gasteiger partial charge in [0.2, 0.25) is 5.82 Å². The highest BCUT2D eigenvalue weighted by Crippen LogP contribution is 2.21. The molecule has 1 N–H and O–H groups in total. The molecule has 0 fully saturated rings. The SMILES string of the molecule is CCCCCCCCCCCCCCCCCCOc1ccc(-c2cnc(C(=O)O)nc2)cc1. The van der Waals surface area contributed by atoms with E-state index in [1.54, 1.807) is 0 Å². The van der Waals surface area contributed by atoms with Gasteiger partial charge in [0, 0.05) is 18.0 Å². The van der Waals surface area contributed by atoms with Crippen LogP contribution >= 0.6 is 0 Å². The number of carboxylic acid groups (broad SMARTS) is 1. The molecule has 188 valence electrons. The number of rotatable bonds is 20. The highest BCUT2D eigenvalue weighted by molar-refractivity contribution is 5.83. The molecule has 1 aromatic heterocycles. The van der Waals surface area contributed by atoms with Gasteiger partial charge in [-0.2, -0.15) is 0 Å². The highest BCUT2D eigenvalue weighted by Gasteiger charge is 2.07. The van der Waals surface area contributed by atoms with Gasteiger partial charge in [-0.15, -0.1) is 0 Å². The van der Waals surface area contributed by atoms with Crippen LogP contribution in [0.5, 0.6) is 5.75 Å². The predicted molar refractivity (Wildman–Crippen MR) is 139 cm³/mol. The van der Waals surface area contributed by atoms with Crippen molar-refractivity contribution in [2.45, 2.75) is 110 Å². The van der Waals surface area contributed by atoms with Crippen LogP contribution in [0, 0.1) is 0 Å². The van der Waals surface area contributed by atoms with Gasteiger partial charge in [0.1, 0.15) is 5.75 Å². The lowest BCUT2D eigenvalue weighted by Gasteiger charge is -2.07. The molecule has 5 nitrogen and oxygen atoms in total. The normalized spacial score (nSPS) is 11.0. The average molecular weight is 469 g/mol. The van der Waals surface area contributed by atoms with Crippen molar-refractivity contribution < 1.29 is 14.6 Å². The zero-order valence-electron chi connectivity index (χ0n) is 21.1. The second-order valence-corrected chi connectivity index (χ2v) is 9.28. The Balaban J connectivity index is 1.41. The Morgan fingerprint density at radius 3 is 1.56 bits per heavy atom. The third-order valence-electron chi connectivity index (χ3n) is 6.30. The molecule has 0 bridgehead atoms. The second kappa shape index (κ2) is 18.0. The van der Waals surface area contributed by atoms with Gasteiger partial charge in [-0.1, -0.05) is 115 Å². The Morgan fingerprint density at radius 2 is 1.12 bits per heavy atom. The number of hydrogen-bond acceptors (Lipinski definition) is 4.